The number of nitrogens with zero attached hydrogens (tertiary/aromatic N) is 1. The first kappa shape index (κ1) is 15.0. The first-order valence-electron chi connectivity index (χ1n) is 8.25. The molecule has 3 heteroatoms. The molecule has 1 saturated carbocycles. The highest BCUT2D eigenvalue weighted by atomic mass is 16.2. The fourth-order valence-corrected chi connectivity index (χ4v) is 3.68. The van der Waals surface area contributed by atoms with Crippen LogP contribution >= 0.6 is 0 Å². The van der Waals surface area contributed by atoms with E-state index in [-0.39, 0.29) is 11.3 Å². The van der Waals surface area contributed by atoms with Gasteiger partial charge in [-0.1, -0.05) is 42.5 Å². The summed E-state index contributed by atoms with van der Waals surface area (Å²) in [6.07, 6.45) is 0.935. The minimum atomic E-state index is -0.336. The summed E-state index contributed by atoms with van der Waals surface area (Å²) in [4.78, 5) is 15.1. The van der Waals surface area contributed by atoms with Crippen LogP contribution in [0.2, 0.25) is 0 Å². The number of hydrogen-bond acceptors (Lipinski definition) is 1. The maximum Gasteiger partial charge on any atom is 0.233 e. The highest BCUT2D eigenvalue weighted by molar-refractivity contribution is 5.94. The highest BCUT2D eigenvalue weighted by Crippen LogP contribution is 2.55. The third-order valence-electron chi connectivity index (χ3n) is 5.15. The van der Waals surface area contributed by atoms with E-state index < -0.39 is 0 Å². The molecule has 3 N–H and O–H groups in total. The van der Waals surface area contributed by atoms with Crippen molar-refractivity contribution in [3.63, 3.8) is 0 Å². The van der Waals surface area contributed by atoms with E-state index in [9.17, 15) is 4.79 Å². The molecule has 0 spiro atoms. The van der Waals surface area contributed by atoms with Crippen LogP contribution < -0.4 is 5.73 Å². The topological polar surface area (TPSA) is 48.0 Å². The molecule has 116 valence electrons. The molecule has 22 heavy (non-hydrogen) atoms. The number of amides is 1. The van der Waals surface area contributed by atoms with Gasteiger partial charge in [-0.25, -0.2) is 0 Å². The SMILES string of the molecule is CCN(CC)C(=O)[C@]1(c2ccc3ccccc3c2)C[C@@H]1C[NH3+]. The van der Waals surface area contributed by atoms with Crippen LogP contribution in [-0.2, 0) is 10.2 Å². The lowest BCUT2D eigenvalue weighted by atomic mass is 9.89. The molecule has 0 aromatic heterocycles. The summed E-state index contributed by atoms with van der Waals surface area (Å²) in [6.45, 7) is 6.47. The Kier molecular flexibility index (Phi) is 3.92. The molecule has 0 saturated heterocycles. The monoisotopic (exact) mass is 297 g/mol. The second-order valence-electron chi connectivity index (χ2n) is 6.20. The third kappa shape index (κ3) is 2.20. The molecule has 1 fully saturated rings. The van der Waals surface area contributed by atoms with E-state index in [1.165, 1.54) is 10.8 Å². The van der Waals surface area contributed by atoms with Crippen LogP contribution in [0.4, 0.5) is 0 Å². The predicted octanol–water partition coefficient (Wildman–Crippen LogP) is 2.21. The lowest BCUT2D eigenvalue weighted by Crippen LogP contribution is -2.53. The molecule has 2 atom stereocenters. The summed E-state index contributed by atoms with van der Waals surface area (Å²) in [6, 6.07) is 14.8. The van der Waals surface area contributed by atoms with Crippen LogP contribution in [-0.4, -0.2) is 30.4 Å². The summed E-state index contributed by atoms with van der Waals surface area (Å²) in [5.41, 5.74) is 4.88. The molecule has 3 nitrogen and oxygen atoms in total. The number of benzene rings is 2. The minimum Gasteiger partial charge on any atom is -0.357 e. The van der Waals surface area contributed by atoms with Crippen LogP contribution in [0.1, 0.15) is 25.8 Å². The van der Waals surface area contributed by atoms with Gasteiger partial charge in [0.25, 0.3) is 0 Å². The van der Waals surface area contributed by atoms with E-state index in [0.717, 1.165) is 31.6 Å². The van der Waals surface area contributed by atoms with Gasteiger partial charge in [0.2, 0.25) is 5.91 Å². The number of quaternary nitrogens is 1. The van der Waals surface area contributed by atoms with E-state index in [2.05, 4.69) is 62.0 Å². The quantitative estimate of drug-likeness (QED) is 0.903. The maximum absolute atomic E-state index is 13.1. The second kappa shape index (κ2) is 5.73. The van der Waals surface area contributed by atoms with Crippen molar-refractivity contribution >= 4 is 16.7 Å². The predicted molar refractivity (Wildman–Crippen MR) is 89.4 cm³/mol. The van der Waals surface area contributed by atoms with Crippen LogP contribution in [0.15, 0.2) is 42.5 Å². The van der Waals surface area contributed by atoms with Gasteiger partial charge < -0.3 is 10.6 Å². The number of fused-ring (bicyclic) bond motifs is 1. The van der Waals surface area contributed by atoms with E-state index in [1.54, 1.807) is 0 Å². The van der Waals surface area contributed by atoms with Gasteiger partial charge in [0.15, 0.2) is 0 Å². The average Bonchev–Trinajstić information content (AvgIpc) is 3.31. The Labute approximate surface area is 132 Å². The molecule has 0 aliphatic heterocycles. The number of carbonyl (C=O) groups is 1. The van der Waals surface area contributed by atoms with E-state index in [1.807, 2.05) is 4.90 Å². The van der Waals surface area contributed by atoms with Crippen molar-refractivity contribution in [2.45, 2.75) is 25.7 Å². The fraction of sp³-hybridized carbons (Fsp3) is 0.421. The molecule has 0 radical (unpaired) electrons. The van der Waals surface area contributed by atoms with Crippen molar-refractivity contribution in [3.8, 4) is 0 Å². The third-order valence-corrected chi connectivity index (χ3v) is 5.15. The molecular formula is C19H25N2O+. The molecule has 0 unspecified atom stereocenters. The summed E-state index contributed by atoms with van der Waals surface area (Å²) in [7, 11) is 0. The Morgan fingerprint density at radius 3 is 2.45 bits per heavy atom. The largest absolute Gasteiger partial charge is 0.357 e. The lowest BCUT2D eigenvalue weighted by Gasteiger charge is -2.26. The molecule has 0 heterocycles. The van der Waals surface area contributed by atoms with Gasteiger partial charge in [-0.15, -0.1) is 0 Å². The normalized spacial score (nSPS) is 23.5. The molecule has 1 amide bonds. The molecule has 1 aliphatic rings. The summed E-state index contributed by atoms with van der Waals surface area (Å²) in [5.74, 6) is 0.656. The first-order chi connectivity index (χ1) is 10.7. The Bertz CT molecular complexity index is 693. The average molecular weight is 297 g/mol. The summed E-state index contributed by atoms with van der Waals surface area (Å²) in [5, 5.41) is 2.44. The second-order valence-corrected chi connectivity index (χ2v) is 6.20. The summed E-state index contributed by atoms with van der Waals surface area (Å²) < 4.78 is 0. The highest BCUT2D eigenvalue weighted by Gasteiger charge is 2.62. The fourth-order valence-electron chi connectivity index (χ4n) is 3.68. The molecule has 3 rings (SSSR count). The van der Waals surface area contributed by atoms with Crippen molar-refractivity contribution in [3.05, 3.63) is 48.0 Å². The van der Waals surface area contributed by atoms with Crippen LogP contribution in [0.3, 0.4) is 0 Å². The Balaban J connectivity index is 2.05. The molecule has 2 aromatic carbocycles. The van der Waals surface area contributed by atoms with Crippen LogP contribution in [0.5, 0.6) is 0 Å². The Morgan fingerprint density at radius 2 is 1.86 bits per heavy atom. The zero-order valence-electron chi connectivity index (χ0n) is 13.5. The number of carbonyl (C=O) groups excluding carboxylic acids is 1. The minimum absolute atomic E-state index is 0.279. The van der Waals surface area contributed by atoms with E-state index in [4.69, 9.17) is 0 Å². The van der Waals surface area contributed by atoms with Gasteiger partial charge in [0, 0.05) is 19.0 Å². The maximum atomic E-state index is 13.1. The van der Waals surface area contributed by atoms with Crippen molar-refractivity contribution in [2.24, 2.45) is 5.92 Å². The lowest BCUT2D eigenvalue weighted by molar-refractivity contribution is -0.373. The summed E-state index contributed by atoms with van der Waals surface area (Å²) >= 11 is 0. The Morgan fingerprint density at radius 1 is 1.18 bits per heavy atom. The van der Waals surface area contributed by atoms with Crippen LogP contribution in [0, 0.1) is 5.92 Å². The zero-order valence-corrected chi connectivity index (χ0v) is 13.5. The van der Waals surface area contributed by atoms with Crippen molar-refractivity contribution in [1.29, 1.82) is 0 Å². The molecule has 0 bridgehead atoms. The van der Waals surface area contributed by atoms with Gasteiger partial charge in [-0.2, -0.15) is 0 Å². The van der Waals surface area contributed by atoms with E-state index in [0.29, 0.717) is 5.92 Å². The Hall–Kier alpha value is -1.87. The number of rotatable bonds is 5. The number of hydrogen-bond donors (Lipinski definition) is 1. The van der Waals surface area contributed by atoms with E-state index >= 15 is 0 Å². The van der Waals surface area contributed by atoms with Crippen molar-refractivity contribution < 1.29 is 10.5 Å². The molecule has 1 aliphatic carbocycles. The van der Waals surface area contributed by atoms with Gasteiger partial charge in [0.1, 0.15) is 0 Å². The first-order valence-corrected chi connectivity index (χ1v) is 8.25. The zero-order chi connectivity index (χ0) is 15.7. The van der Waals surface area contributed by atoms with Gasteiger partial charge in [0.05, 0.1) is 12.0 Å². The van der Waals surface area contributed by atoms with Crippen LogP contribution in [0.25, 0.3) is 10.8 Å². The molecular weight excluding hydrogens is 272 g/mol. The smallest absolute Gasteiger partial charge is 0.233 e. The van der Waals surface area contributed by atoms with Gasteiger partial charge in [-0.05, 0) is 36.6 Å². The van der Waals surface area contributed by atoms with Gasteiger partial charge in [-0.3, -0.25) is 4.79 Å². The molecule has 2 aromatic rings. The standard InChI is InChI=1S/C19H24N2O/c1-3-21(4-2)18(22)19(12-17(19)13-20)16-10-9-14-7-5-6-8-15(14)11-16/h5-11,17H,3-4,12-13,20H2,1-2H3/p+1/t17-,19+/m1/s1. The van der Waals surface area contributed by atoms with Gasteiger partial charge >= 0.3 is 0 Å². The van der Waals surface area contributed by atoms with Crippen molar-refractivity contribution in [2.75, 3.05) is 19.6 Å². The number of likely N-dealkylation sites (N-methyl/N-ethyl adjacent to an activating group) is 1. The van der Waals surface area contributed by atoms with Crippen molar-refractivity contribution in [1.82, 2.24) is 4.90 Å².